The lowest BCUT2D eigenvalue weighted by Gasteiger charge is -2.34. The van der Waals surface area contributed by atoms with Gasteiger partial charge >= 0.3 is 0 Å². The topological polar surface area (TPSA) is 82.4 Å². The molecule has 0 saturated carbocycles. The molecular weight excluding hydrogens is 290 g/mol. The van der Waals surface area contributed by atoms with Gasteiger partial charge in [0.2, 0.25) is 0 Å². The molecular formula is C14H19N3O3S. The Balaban J connectivity index is 2.02. The summed E-state index contributed by atoms with van der Waals surface area (Å²) in [6.45, 7) is 4.57. The van der Waals surface area contributed by atoms with Crippen LogP contribution in [0.4, 0.5) is 0 Å². The zero-order valence-corrected chi connectivity index (χ0v) is 12.9. The quantitative estimate of drug-likeness (QED) is 0.899. The zero-order chi connectivity index (χ0) is 15.5. The van der Waals surface area contributed by atoms with Crippen LogP contribution in [-0.4, -0.2) is 38.0 Å². The first-order valence-corrected chi connectivity index (χ1v) is 8.24. The van der Waals surface area contributed by atoms with Gasteiger partial charge in [-0.15, -0.1) is 0 Å². The highest BCUT2D eigenvalue weighted by Gasteiger charge is 2.30. The fraction of sp³-hybridized carbons (Fsp3) is 0.500. The van der Waals surface area contributed by atoms with Crippen LogP contribution in [0.15, 0.2) is 24.3 Å². The molecule has 2 atom stereocenters. The molecule has 1 aliphatic heterocycles. The molecule has 0 aromatic heterocycles. The van der Waals surface area contributed by atoms with E-state index in [0.29, 0.717) is 18.7 Å². The van der Waals surface area contributed by atoms with E-state index in [2.05, 4.69) is 4.72 Å². The summed E-state index contributed by atoms with van der Waals surface area (Å²) in [6.07, 6.45) is -0.237. The predicted molar refractivity (Wildman–Crippen MR) is 78.5 cm³/mol. The van der Waals surface area contributed by atoms with Crippen LogP contribution in [0.3, 0.4) is 0 Å². The molecule has 0 spiro atoms. The highest BCUT2D eigenvalue weighted by molar-refractivity contribution is 7.87. The minimum Gasteiger partial charge on any atom is -0.373 e. The summed E-state index contributed by atoms with van der Waals surface area (Å²) in [7, 11) is -3.55. The lowest BCUT2D eigenvalue weighted by molar-refractivity contribution is -0.0444. The number of nitrogens with one attached hydrogen (secondary N) is 1. The van der Waals surface area contributed by atoms with Crippen LogP contribution in [0.1, 0.15) is 25.0 Å². The van der Waals surface area contributed by atoms with Gasteiger partial charge in [0.05, 0.1) is 23.8 Å². The largest absolute Gasteiger partial charge is 0.373 e. The smallest absolute Gasteiger partial charge is 0.279 e. The van der Waals surface area contributed by atoms with Crippen LogP contribution in [0.2, 0.25) is 0 Å². The molecule has 6 nitrogen and oxygen atoms in total. The summed E-state index contributed by atoms with van der Waals surface area (Å²) in [6, 6.07) is 8.92. The third-order valence-electron chi connectivity index (χ3n) is 3.24. The molecule has 1 heterocycles. The SMILES string of the molecule is CC1CN(S(=O)(=O)NCc2cccc(C#N)c2)CC(C)O1. The van der Waals surface area contributed by atoms with E-state index in [9.17, 15) is 8.42 Å². The van der Waals surface area contributed by atoms with Gasteiger partial charge < -0.3 is 4.74 Å². The van der Waals surface area contributed by atoms with Crippen molar-refractivity contribution in [3.05, 3.63) is 35.4 Å². The molecule has 0 bridgehead atoms. The third-order valence-corrected chi connectivity index (χ3v) is 4.73. The molecule has 21 heavy (non-hydrogen) atoms. The number of hydrogen-bond acceptors (Lipinski definition) is 4. The van der Waals surface area contributed by atoms with Crippen molar-refractivity contribution in [2.75, 3.05) is 13.1 Å². The first-order valence-electron chi connectivity index (χ1n) is 6.80. The van der Waals surface area contributed by atoms with E-state index in [1.807, 2.05) is 19.9 Å². The van der Waals surface area contributed by atoms with Gasteiger partial charge in [-0.1, -0.05) is 12.1 Å². The van der Waals surface area contributed by atoms with Crippen LogP contribution >= 0.6 is 0 Å². The average Bonchev–Trinajstić information content (AvgIpc) is 2.44. The van der Waals surface area contributed by atoms with E-state index in [4.69, 9.17) is 10.00 Å². The minimum atomic E-state index is -3.55. The van der Waals surface area contributed by atoms with Crippen LogP contribution in [-0.2, 0) is 21.5 Å². The molecule has 114 valence electrons. The van der Waals surface area contributed by atoms with Crippen LogP contribution < -0.4 is 4.72 Å². The molecule has 1 aromatic carbocycles. The molecule has 2 rings (SSSR count). The first kappa shape index (κ1) is 15.9. The molecule has 1 aromatic rings. The van der Waals surface area contributed by atoms with Crippen molar-refractivity contribution in [1.29, 1.82) is 5.26 Å². The monoisotopic (exact) mass is 309 g/mol. The van der Waals surface area contributed by atoms with E-state index in [-0.39, 0.29) is 18.8 Å². The highest BCUT2D eigenvalue weighted by atomic mass is 32.2. The summed E-state index contributed by atoms with van der Waals surface area (Å²) in [5, 5.41) is 8.84. The summed E-state index contributed by atoms with van der Waals surface area (Å²) in [4.78, 5) is 0. The molecule has 1 fully saturated rings. The Morgan fingerprint density at radius 2 is 2.05 bits per heavy atom. The normalized spacial score (nSPS) is 23.7. The number of nitrogens with zero attached hydrogens (tertiary/aromatic N) is 2. The Kier molecular flexibility index (Phi) is 4.96. The van der Waals surface area contributed by atoms with Crippen molar-refractivity contribution in [2.24, 2.45) is 0 Å². The van der Waals surface area contributed by atoms with Crippen molar-refractivity contribution in [1.82, 2.24) is 9.03 Å². The molecule has 0 aliphatic carbocycles. The Labute approximate surface area is 125 Å². The molecule has 1 saturated heterocycles. The number of benzene rings is 1. The zero-order valence-electron chi connectivity index (χ0n) is 12.1. The Bertz CT molecular complexity index is 629. The fourth-order valence-corrected chi connectivity index (χ4v) is 3.69. The van der Waals surface area contributed by atoms with Crippen LogP contribution in [0.25, 0.3) is 0 Å². The van der Waals surface area contributed by atoms with Gasteiger partial charge in [-0.05, 0) is 31.5 Å². The molecule has 2 unspecified atom stereocenters. The maximum Gasteiger partial charge on any atom is 0.279 e. The van der Waals surface area contributed by atoms with Gasteiger partial charge in [0, 0.05) is 19.6 Å². The number of nitriles is 1. The van der Waals surface area contributed by atoms with Crippen LogP contribution in [0.5, 0.6) is 0 Å². The third kappa shape index (κ3) is 4.25. The maximum atomic E-state index is 12.3. The van der Waals surface area contributed by atoms with Gasteiger partial charge in [-0.25, -0.2) is 0 Å². The van der Waals surface area contributed by atoms with Crippen molar-refractivity contribution < 1.29 is 13.2 Å². The fourth-order valence-electron chi connectivity index (χ4n) is 2.34. The second-order valence-corrected chi connectivity index (χ2v) is 6.97. The average molecular weight is 309 g/mol. The van der Waals surface area contributed by atoms with E-state index < -0.39 is 10.2 Å². The summed E-state index contributed by atoms with van der Waals surface area (Å²) < 4.78 is 34.1. The standard InChI is InChI=1S/C14H19N3O3S/c1-11-9-17(10-12(2)20-11)21(18,19)16-8-14-5-3-4-13(6-14)7-15/h3-6,11-12,16H,8-10H2,1-2H3. The van der Waals surface area contributed by atoms with Gasteiger partial charge in [0.1, 0.15) is 0 Å². The Hall–Kier alpha value is -1.46. The Morgan fingerprint density at radius 3 is 2.67 bits per heavy atom. The van der Waals surface area contributed by atoms with E-state index in [0.717, 1.165) is 5.56 Å². The van der Waals surface area contributed by atoms with Crippen molar-refractivity contribution in [2.45, 2.75) is 32.6 Å². The number of hydrogen-bond donors (Lipinski definition) is 1. The van der Waals surface area contributed by atoms with Crippen molar-refractivity contribution >= 4 is 10.2 Å². The molecule has 0 amide bonds. The number of morpholine rings is 1. The first-order chi connectivity index (χ1) is 9.90. The summed E-state index contributed by atoms with van der Waals surface area (Å²) >= 11 is 0. The molecule has 0 radical (unpaired) electrons. The molecule has 7 heteroatoms. The second-order valence-electron chi connectivity index (χ2n) is 5.21. The summed E-state index contributed by atoms with van der Waals surface area (Å²) in [5.74, 6) is 0. The van der Waals surface area contributed by atoms with E-state index in [1.54, 1.807) is 24.3 Å². The lowest BCUT2D eigenvalue weighted by atomic mass is 10.1. The molecule has 1 aliphatic rings. The van der Waals surface area contributed by atoms with E-state index in [1.165, 1.54) is 4.31 Å². The van der Waals surface area contributed by atoms with Gasteiger partial charge in [-0.3, -0.25) is 0 Å². The number of rotatable bonds is 4. The highest BCUT2D eigenvalue weighted by Crippen LogP contribution is 2.14. The predicted octanol–water partition coefficient (Wildman–Crippen LogP) is 1.00. The van der Waals surface area contributed by atoms with Gasteiger partial charge in [0.25, 0.3) is 10.2 Å². The van der Waals surface area contributed by atoms with E-state index >= 15 is 0 Å². The number of ether oxygens (including phenoxy) is 1. The second kappa shape index (κ2) is 6.54. The Morgan fingerprint density at radius 1 is 1.38 bits per heavy atom. The van der Waals surface area contributed by atoms with Crippen molar-refractivity contribution in [3.63, 3.8) is 0 Å². The summed E-state index contributed by atoms with van der Waals surface area (Å²) in [5.41, 5.74) is 1.27. The lowest BCUT2D eigenvalue weighted by Crippen LogP contribution is -2.51. The van der Waals surface area contributed by atoms with Gasteiger partial charge in [0.15, 0.2) is 0 Å². The van der Waals surface area contributed by atoms with Crippen molar-refractivity contribution in [3.8, 4) is 6.07 Å². The van der Waals surface area contributed by atoms with Gasteiger partial charge in [-0.2, -0.15) is 22.7 Å². The molecule has 1 N–H and O–H groups in total. The maximum absolute atomic E-state index is 12.3. The minimum absolute atomic E-state index is 0.118. The van der Waals surface area contributed by atoms with Crippen LogP contribution in [0, 0.1) is 11.3 Å².